The van der Waals surface area contributed by atoms with Crippen molar-refractivity contribution in [3.05, 3.63) is 29.8 Å². The molecule has 0 saturated carbocycles. The van der Waals surface area contributed by atoms with E-state index < -0.39 is 18.0 Å². The Labute approximate surface area is 169 Å². The molecule has 9 nitrogen and oxygen atoms in total. The molecule has 1 fully saturated rings. The Morgan fingerprint density at radius 1 is 1.10 bits per heavy atom. The summed E-state index contributed by atoms with van der Waals surface area (Å²) in [6, 6.07) is 8.46. The van der Waals surface area contributed by atoms with E-state index >= 15 is 0 Å². The molecule has 1 aromatic carbocycles. The number of nitriles is 1. The molecule has 154 valence electrons. The first-order valence-electron chi connectivity index (χ1n) is 9.34. The third-order valence-electron chi connectivity index (χ3n) is 4.60. The highest BCUT2D eigenvalue weighted by atomic mass is 16.5. The number of piperazine rings is 1. The number of anilines is 1. The van der Waals surface area contributed by atoms with Crippen molar-refractivity contribution in [1.82, 2.24) is 9.80 Å². The number of para-hydroxylation sites is 1. The molecule has 9 heteroatoms. The number of amides is 3. The molecule has 1 aromatic rings. The molecule has 1 aliphatic heterocycles. The van der Waals surface area contributed by atoms with E-state index in [1.54, 1.807) is 34.1 Å². The van der Waals surface area contributed by atoms with Gasteiger partial charge in [-0.15, -0.1) is 0 Å². The van der Waals surface area contributed by atoms with Crippen molar-refractivity contribution in [2.75, 3.05) is 31.5 Å². The average molecular weight is 400 g/mol. The Hall–Kier alpha value is -3.41. The first-order valence-corrected chi connectivity index (χ1v) is 9.34. The lowest BCUT2D eigenvalue weighted by molar-refractivity contribution is -0.154. The third-order valence-corrected chi connectivity index (χ3v) is 4.60. The Morgan fingerprint density at radius 2 is 1.72 bits per heavy atom. The summed E-state index contributed by atoms with van der Waals surface area (Å²) in [6.45, 7) is 4.74. The van der Waals surface area contributed by atoms with Gasteiger partial charge < -0.3 is 19.9 Å². The summed E-state index contributed by atoms with van der Waals surface area (Å²) in [5.74, 6) is -1.43. The van der Waals surface area contributed by atoms with E-state index in [2.05, 4.69) is 5.32 Å². The van der Waals surface area contributed by atoms with Crippen LogP contribution in [0.25, 0.3) is 0 Å². The molecule has 0 spiro atoms. The number of rotatable bonds is 6. The fraction of sp³-hybridized carbons (Fsp3) is 0.450. The van der Waals surface area contributed by atoms with E-state index in [0.717, 1.165) is 0 Å². The van der Waals surface area contributed by atoms with Gasteiger partial charge in [0.25, 0.3) is 5.91 Å². The lowest BCUT2D eigenvalue weighted by Gasteiger charge is -2.34. The summed E-state index contributed by atoms with van der Waals surface area (Å²) < 4.78 is 5.09. The number of hydrogen-bond acceptors (Lipinski definition) is 6. The molecule has 2 rings (SSSR count). The van der Waals surface area contributed by atoms with Gasteiger partial charge in [0.05, 0.1) is 17.7 Å². The number of carbonyl (C=O) groups excluding carboxylic acids is 4. The lowest BCUT2D eigenvalue weighted by Crippen LogP contribution is -2.50. The summed E-state index contributed by atoms with van der Waals surface area (Å²) in [4.78, 5) is 51.0. The van der Waals surface area contributed by atoms with Crippen LogP contribution in [0.3, 0.4) is 0 Å². The second-order valence-corrected chi connectivity index (χ2v) is 6.67. The maximum Gasteiger partial charge on any atom is 0.307 e. The largest absolute Gasteiger partial charge is 0.453 e. The molecule has 29 heavy (non-hydrogen) atoms. The Balaban J connectivity index is 1.75. The number of carbonyl (C=O) groups is 4. The van der Waals surface area contributed by atoms with Crippen LogP contribution in [0.5, 0.6) is 0 Å². The van der Waals surface area contributed by atoms with Gasteiger partial charge in [-0.3, -0.25) is 19.2 Å². The van der Waals surface area contributed by atoms with Crippen LogP contribution in [-0.4, -0.2) is 65.8 Å². The topological polar surface area (TPSA) is 120 Å². The zero-order valence-electron chi connectivity index (χ0n) is 16.5. The van der Waals surface area contributed by atoms with Gasteiger partial charge in [0.1, 0.15) is 6.07 Å². The molecule has 1 saturated heterocycles. The van der Waals surface area contributed by atoms with Crippen LogP contribution in [0, 0.1) is 11.3 Å². The van der Waals surface area contributed by atoms with Gasteiger partial charge in [-0.05, 0) is 19.1 Å². The predicted octanol–water partition coefficient (Wildman–Crippen LogP) is 0.899. The van der Waals surface area contributed by atoms with Crippen molar-refractivity contribution < 1.29 is 23.9 Å². The Bertz CT molecular complexity index is 824. The maximum atomic E-state index is 12.2. The quantitative estimate of drug-likeness (QED) is 0.709. The van der Waals surface area contributed by atoms with Crippen LogP contribution in [0.15, 0.2) is 24.3 Å². The monoisotopic (exact) mass is 400 g/mol. The molecule has 1 aliphatic rings. The highest BCUT2D eigenvalue weighted by Crippen LogP contribution is 2.14. The van der Waals surface area contributed by atoms with Crippen molar-refractivity contribution >= 4 is 29.4 Å². The standard InChI is InChI=1S/C20H24N4O5/c1-14(20(28)22-17-6-4-3-5-16(17)13-21)29-19(27)8-7-18(26)24-11-9-23(10-12-24)15(2)25/h3-6,14H,7-12H2,1-2H3,(H,22,28)/t14-/m0/s1. The SMILES string of the molecule is CC(=O)N1CCN(C(=O)CCC(=O)O[C@@H](C)C(=O)Nc2ccccc2C#N)CC1. The normalized spacial score (nSPS) is 14.5. The molecule has 0 aromatic heterocycles. The average Bonchev–Trinajstić information content (AvgIpc) is 2.72. The number of esters is 1. The first-order chi connectivity index (χ1) is 13.8. The van der Waals surface area contributed by atoms with E-state index in [1.807, 2.05) is 6.07 Å². The van der Waals surface area contributed by atoms with Crippen LogP contribution in [-0.2, 0) is 23.9 Å². The van der Waals surface area contributed by atoms with Crippen molar-refractivity contribution in [2.24, 2.45) is 0 Å². The highest BCUT2D eigenvalue weighted by molar-refractivity contribution is 5.96. The fourth-order valence-electron chi connectivity index (χ4n) is 2.87. The van der Waals surface area contributed by atoms with Crippen molar-refractivity contribution in [3.63, 3.8) is 0 Å². The summed E-state index contributed by atoms with van der Waals surface area (Å²) in [5, 5.41) is 11.6. The molecule has 0 aliphatic carbocycles. The van der Waals surface area contributed by atoms with Crippen LogP contribution in [0.4, 0.5) is 5.69 Å². The van der Waals surface area contributed by atoms with Crippen LogP contribution < -0.4 is 5.32 Å². The molecular weight excluding hydrogens is 376 g/mol. The smallest absolute Gasteiger partial charge is 0.307 e. The van der Waals surface area contributed by atoms with E-state index in [0.29, 0.717) is 37.4 Å². The minimum Gasteiger partial charge on any atom is -0.453 e. The summed E-state index contributed by atoms with van der Waals surface area (Å²) in [5.41, 5.74) is 0.637. The summed E-state index contributed by atoms with van der Waals surface area (Å²) in [6.07, 6.45) is -1.23. The van der Waals surface area contributed by atoms with E-state index in [-0.39, 0.29) is 24.7 Å². The summed E-state index contributed by atoms with van der Waals surface area (Å²) >= 11 is 0. The first kappa shape index (κ1) is 21.9. The van der Waals surface area contributed by atoms with Crippen LogP contribution in [0.2, 0.25) is 0 Å². The van der Waals surface area contributed by atoms with Crippen molar-refractivity contribution in [3.8, 4) is 6.07 Å². The van der Waals surface area contributed by atoms with Gasteiger partial charge in [0, 0.05) is 39.5 Å². The van der Waals surface area contributed by atoms with Gasteiger partial charge in [0.2, 0.25) is 11.8 Å². The molecule has 0 radical (unpaired) electrons. The molecule has 0 unspecified atom stereocenters. The maximum absolute atomic E-state index is 12.2. The minimum absolute atomic E-state index is 0.0228. The molecule has 1 heterocycles. The number of ether oxygens (including phenoxy) is 1. The number of nitrogens with zero attached hydrogens (tertiary/aromatic N) is 3. The van der Waals surface area contributed by atoms with Crippen LogP contribution in [0.1, 0.15) is 32.3 Å². The van der Waals surface area contributed by atoms with Crippen molar-refractivity contribution in [1.29, 1.82) is 5.26 Å². The number of nitrogens with one attached hydrogen (secondary N) is 1. The van der Waals surface area contributed by atoms with Crippen molar-refractivity contribution in [2.45, 2.75) is 32.8 Å². The van der Waals surface area contributed by atoms with Crippen LogP contribution >= 0.6 is 0 Å². The molecule has 0 bridgehead atoms. The Kier molecular flexibility index (Phi) is 7.71. The zero-order valence-corrected chi connectivity index (χ0v) is 16.5. The van der Waals surface area contributed by atoms with Gasteiger partial charge >= 0.3 is 5.97 Å². The third kappa shape index (κ3) is 6.31. The minimum atomic E-state index is -1.07. The van der Waals surface area contributed by atoms with Gasteiger partial charge in [-0.25, -0.2) is 0 Å². The number of benzene rings is 1. The summed E-state index contributed by atoms with van der Waals surface area (Å²) in [7, 11) is 0. The van der Waals surface area contributed by atoms with Gasteiger partial charge in [0.15, 0.2) is 6.10 Å². The second kappa shape index (κ2) is 10.2. The highest BCUT2D eigenvalue weighted by Gasteiger charge is 2.24. The number of hydrogen-bond donors (Lipinski definition) is 1. The van der Waals surface area contributed by atoms with E-state index in [9.17, 15) is 19.2 Å². The lowest BCUT2D eigenvalue weighted by atomic mass is 10.2. The Morgan fingerprint density at radius 3 is 2.34 bits per heavy atom. The van der Waals surface area contributed by atoms with Gasteiger partial charge in [-0.2, -0.15) is 5.26 Å². The van der Waals surface area contributed by atoms with E-state index in [1.165, 1.54) is 13.8 Å². The van der Waals surface area contributed by atoms with E-state index in [4.69, 9.17) is 10.00 Å². The molecule has 1 N–H and O–H groups in total. The fourth-order valence-corrected chi connectivity index (χ4v) is 2.87. The predicted molar refractivity (Wildman–Crippen MR) is 103 cm³/mol. The molecular formula is C20H24N4O5. The zero-order chi connectivity index (χ0) is 21.4. The molecule has 1 atom stereocenters. The van der Waals surface area contributed by atoms with Gasteiger partial charge in [-0.1, -0.05) is 12.1 Å². The molecule has 3 amide bonds. The second-order valence-electron chi connectivity index (χ2n) is 6.67.